The van der Waals surface area contributed by atoms with Gasteiger partial charge in [-0.2, -0.15) is 0 Å². The molecule has 168 valence electrons. The number of anilines is 1. The van der Waals surface area contributed by atoms with Crippen molar-refractivity contribution in [1.82, 2.24) is 15.2 Å². The van der Waals surface area contributed by atoms with Crippen molar-refractivity contribution in [1.29, 1.82) is 0 Å². The van der Waals surface area contributed by atoms with Crippen LogP contribution in [-0.2, 0) is 4.74 Å². The van der Waals surface area contributed by atoms with Crippen molar-refractivity contribution in [2.75, 3.05) is 25.1 Å². The maximum atomic E-state index is 5.97. The molecule has 5 nitrogen and oxygen atoms in total. The summed E-state index contributed by atoms with van der Waals surface area (Å²) < 4.78 is 5.97. The Bertz CT molecular complexity index is 1050. The molecule has 3 atom stereocenters. The minimum atomic E-state index is -0.00256. The molecule has 0 saturated carbocycles. The summed E-state index contributed by atoms with van der Waals surface area (Å²) in [4.78, 5) is 9.35. The van der Waals surface area contributed by atoms with Crippen LogP contribution in [0, 0.1) is 0 Å². The zero-order valence-corrected chi connectivity index (χ0v) is 20.2. The van der Waals surface area contributed by atoms with Crippen LogP contribution in [0.5, 0.6) is 0 Å². The van der Waals surface area contributed by atoms with Crippen LogP contribution < -0.4 is 10.2 Å². The number of hydrogen-bond acceptors (Lipinski definition) is 4. The third-order valence-electron chi connectivity index (χ3n) is 7.20. The average molecular weight is 449 g/mol. The standard InChI is InChI=1S/C26H32N4OS/c1-17-15-26(2,3)29(4)22-11-10-18(14-20(17)22)24-23(21-9-5-6-12-27-21)28-25(32)30(24)16-19-8-7-13-31-19/h5-6,9-12,14-15,19,23-24H,7-8,13,16H2,1-4H3,(H,28,32). The first-order valence-corrected chi connectivity index (χ1v) is 11.9. The third-order valence-corrected chi connectivity index (χ3v) is 7.56. The Morgan fingerprint density at radius 3 is 2.81 bits per heavy atom. The van der Waals surface area contributed by atoms with Gasteiger partial charge < -0.3 is 19.9 Å². The summed E-state index contributed by atoms with van der Waals surface area (Å²) in [5, 5.41) is 4.35. The molecular formula is C26H32N4OS. The number of fused-ring (bicyclic) bond motifs is 1. The zero-order valence-electron chi connectivity index (χ0n) is 19.3. The van der Waals surface area contributed by atoms with Crippen molar-refractivity contribution in [3.05, 3.63) is 65.5 Å². The van der Waals surface area contributed by atoms with Gasteiger partial charge in [0.25, 0.3) is 0 Å². The average Bonchev–Trinajstić information content (AvgIpc) is 3.41. The van der Waals surface area contributed by atoms with Gasteiger partial charge in [0.1, 0.15) is 0 Å². The predicted molar refractivity (Wildman–Crippen MR) is 134 cm³/mol. The van der Waals surface area contributed by atoms with Gasteiger partial charge in [0.15, 0.2) is 5.11 Å². The van der Waals surface area contributed by atoms with E-state index in [1.54, 1.807) is 0 Å². The van der Waals surface area contributed by atoms with E-state index in [0.717, 1.165) is 36.8 Å². The van der Waals surface area contributed by atoms with E-state index in [1.807, 2.05) is 18.3 Å². The number of nitrogens with zero attached hydrogens (tertiary/aromatic N) is 3. The fraction of sp³-hybridized carbons (Fsp3) is 0.462. The van der Waals surface area contributed by atoms with E-state index in [9.17, 15) is 0 Å². The van der Waals surface area contributed by atoms with Gasteiger partial charge in [0.05, 0.1) is 29.4 Å². The molecule has 0 aliphatic carbocycles. The molecule has 5 rings (SSSR count). The molecule has 6 heteroatoms. The van der Waals surface area contributed by atoms with Crippen LogP contribution in [-0.4, -0.2) is 46.8 Å². The van der Waals surface area contributed by atoms with Gasteiger partial charge in [-0.1, -0.05) is 18.2 Å². The summed E-state index contributed by atoms with van der Waals surface area (Å²) in [7, 11) is 2.17. The van der Waals surface area contributed by atoms with E-state index in [-0.39, 0.29) is 23.7 Å². The highest BCUT2D eigenvalue weighted by atomic mass is 32.1. The topological polar surface area (TPSA) is 40.6 Å². The highest BCUT2D eigenvalue weighted by molar-refractivity contribution is 7.80. The Labute approximate surface area is 196 Å². The summed E-state index contributed by atoms with van der Waals surface area (Å²) in [5.74, 6) is 0. The number of benzene rings is 1. The fourth-order valence-electron chi connectivity index (χ4n) is 5.33. The molecule has 0 radical (unpaired) electrons. The Hall–Kier alpha value is -2.44. The zero-order chi connectivity index (χ0) is 22.5. The number of pyridine rings is 1. The number of hydrogen-bond donors (Lipinski definition) is 1. The van der Waals surface area contributed by atoms with Gasteiger partial charge in [0, 0.05) is 37.6 Å². The molecule has 32 heavy (non-hydrogen) atoms. The number of aromatic nitrogens is 1. The summed E-state index contributed by atoms with van der Waals surface area (Å²) in [6, 6.07) is 13.1. The molecule has 2 aromatic rings. The molecule has 0 amide bonds. The molecule has 4 heterocycles. The van der Waals surface area contributed by atoms with Crippen LogP contribution in [0.25, 0.3) is 5.57 Å². The third kappa shape index (κ3) is 3.69. The molecule has 3 aliphatic rings. The lowest BCUT2D eigenvalue weighted by Crippen LogP contribution is -2.42. The van der Waals surface area contributed by atoms with Crippen LogP contribution in [0.15, 0.2) is 48.7 Å². The van der Waals surface area contributed by atoms with Gasteiger partial charge in [-0.3, -0.25) is 4.98 Å². The second-order valence-electron chi connectivity index (χ2n) is 9.73. The van der Waals surface area contributed by atoms with Crippen molar-refractivity contribution in [2.24, 2.45) is 0 Å². The number of ether oxygens (including phenoxy) is 1. The molecule has 3 aliphatic heterocycles. The van der Waals surface area contributed by atoms with Crippen LogP contribution in [0.2, 0.25) is 0 Å². The van der Waals surface area contributed by atoms with Crippen molar-refractivity contribution in [3.8, 4) is 0 Å². The van der Waals surface area contributed by atoms with Crippen molar-refractivity contribution in [2.45, 2.75) is 57.3 Å². The fourth-order valence-corrected chi connectivity index (χ4v) is 5.65. The van der Waals surface area contributed by atoms with Crippen LogP contribution in [0.4, 0.5) is 5.69 Å². The second kappa shape index (κ2) is 8.16. The maximum Gasteiger partial charge on any atom is 0.170 e. The highest BCUT2D eigenvalue weighted by Crippen LogP contribution is 2.43. The molecule has 0 spiro atoms. The lowest BCUT2D eigenvalue weighted by Gasteiger charge is -2.41. The van der Waals surface area contributed by atoms with Crippen LogP contribution in [0.3, 0.4) is 0 Å². The first kappa shape index (κ1) is 21.4. The minimum Gasteiger partial charge on any atom is -0.376 e. The quantitative estimate of drug-likeness (QED) is 0.674. The largest absolute Gasteiger partial charge is 0.376 e. The number of allylic oxidation sites excluding steroid dienone is 1. The molecule has 1 N–H and O–H groups in total. The SMILES string of the molecule is CC1=CC(C)(C)N(C)c2ccc(C3C(c4ccccn4)NC(=S)N3CC3CCCO3)cc21. The monoisotopic (exact) mass is 448 g/mol. The van der Waals surface area contributed by atoms with Crippen molar-refractivity contribution >= 4 is 28.6 Å². The molecule has 2 saturated heterocycles. The summed E-state index contributed by atoms with van der Waals surface area (Å²) >= 11 is 5.83. The molecule has 0 bridgehead atoms. The smallest absolute Gasteiger partial charge is 0.170 e. The Balaban J connectivity index is 1.57. The van der Waals surface area contributed by atoms with E-state index >= 15 is 0 Å². The Morgan fingerprint density at radius 1 is 1.25 bits per heavy atom. The predicted octanol–water partition coefficient (Wildman–Crippen LogP) is 4.86. The number of thiocarbonyl (C=S) groups is 1. The van der Waals surface area contributed by atoms with E-state index in [1.165, 1.54) is 22.4 Å². The summed E-state index contributed by atoms with van der Waals surface area (Å²) in [6.07, 6.45) is 6.66. The maximum absolute atomic E-state index is 5.97. The van der Waals surface area contributed by atoms with Crippen molar-refractivity contribution < 1.29 is 4.74 Å². The van der Waals surface area contributed by atoms with Gasteiger partial charge in [-0.25, -0.2) is 0 Å². The second-order valence-corrected chi connectivity index (χ2v) is 10.1. The molecule has 2 fully saturated rings. The summed E-state index contributed by atoms with van der Waals surface area (Å²) in [6.45, 7) is 8.38. The van der Waals surface area contributed by atoms with Crippen LogP contribution in [0.1, 0.15) is 62.5 Å². The van der Waals surface area contributed by atoms with Crippen molar-refractivity contribution in [3.63, 3.8) is 0 Å². The van der Waals surface area contributed by atoms with E-state index in [4.69, 9.17) is 17.0 Å². The molecule has 1 aromatic carbocycles. The lowest BCUT2D eigenvalue weighted by molar-refractivity contribution is 0.0842. The summed E-state index contributed by atoms with van der Waals surface area (Å²) in [5.41, 5.74) is 6.14. The number of rotatable bonds is 4. The first-order valence-electron chi connectivity index (χ1n) is 11.5. The Kier molecular flexibility index (Phi) is 5.46. The highest BCUT2D eigenvalue weighted by Gasteiger charge is 2.41. The van der Waals surface area contributed by atoms with E-state index < -0.39 is 0 Å². The van der Waals surface area contributed by atoms with Crippen LogP contribution >= 0.6 is 12.2 Å². The van der Waals surface area contributed by atoms with Gasteiger partial charge >= 0.3 is 0 Å². The number of nitrogens with one attached hydrogen (secondary N) is 1. The van der Waals surface area contributed by atoms with Gasteiger partial charge in [-0.05, 0) is 81.2 Å². The van der Waals surface area contributed by atoms with E-state index in [0.29, 0.717) is 0 Å². The van der Waals surface area contributed by atoms with E-state index in [2.05, 4.69) is 78.3 Å². The van der Waals surface area contributed by atoms with Gasteiger partial charge in [-0.15, -0.1) is 0 Å². The Morgan fingerprint density at radius 2 is 2.09 bits per heavy atom. The minimum absolute atomic E-state index is 0.00256. The van der Waals surface area contributed by atoms with Gasteiger partial charge in [0.2, 0.25) is 0 Å². The number of likely N-dealkylation sites (N-methyl/N-ethyl adjacent to an activating group) is 1. The molecule has 1 aromatic heterocycles. The molecule has 3 unspecified atom stereocenters. The normalized spacial score (nSPS) is 26.7. The first-order chi connectivity index (χ1) is 15.3. The molecular weight excluding hydrogens is 416 g/mol. The lowest BCUT2D eigenvalue weighted by atomic mass is 9.86.